The van der Waals surface area contributed by atoms with Gasteiger partial charge in [0, 0.05) is 18.2 Å². The van der Waals surface area contributed by atoms with E-state index in [-0.39, 0.29) is 0 Å². The van der Waals surface area contributed by atoms with Gasteiger partial charge in [0.15, 0.2) is 0 Å². The third-order valence-corrected chi connectivity index (χ3v) is 1.93. The Hall–Kier alpha value is -1.58. The SMILES string of the molecule is [B]c1ccn2ncc(CC=O)c2c1. The summed E-state index contributed by atoms with van der Waals surface area (Å²) in [6, 6.07) is 3.58. The summed E-state index contributed by atoms with van der Waals surface area (Å²) in [5.41, 5.74) is 2.48. The Morgan fingerprint density at radius 1 is 1.62 bits per heavy atom. The van der Waals surface area contributed by atoms with Gasteiger partial charge < -0.3 is 4.79 Å². The Morgan fingerprint density at radius 2 is 2.46 bits per heavy atom. The molecule has 0 unspecified atom stereocenters. The second-order valence-electron chi connectivity index (χ2n) is 2.83. The van der Waals surface area contributed by atoms with Crippen LogP contribution in [-0.4, -0.2) is 23.7 Å². The lowest BCUT2D eigenvalue weighted by molar-refractivity contribution is -0.107. The quantitative estimate of drug-likeness (QED) is 0.464. The number of carbonyl (C=O) groups excluding carboxylic acids is 1. The predicted molar refractivity (Wildman–Crippen MR) is 50.3 cm³/mol. The normalized spacial score (nSPS) is 10.5. The molecule has 2 rings (SSSR count). The van der Waals surface area contributed by atoms with E-state index in [1.807, 2.05) is 6.07 Å². The van der Waals surface area contributed by atoms with Gasteiger partial charge in [-0.2, -0.15) is 5.10 Å². The van der Waals surface area contributed by atoms with Gasteiger partial charge >= 0.3 is 0 Å². The number of aromatic nitrogens is 2. The monoisotopic (exact) mass is 170 g/mol. The summed E-state index contributed by atoms with van der Waals surface area (Å²) in [7, 11) is 5.62. The summed E-state index contributed by atoms with van der Waals surface area (Å²) in [6.45, 7) is 0. The molecule has 13 heavy (non-hydrogen) atoms. The van der Waals surface area contributed by atoms with Gasteiger partial charge in [-0.1, -0.05) is 11.5 Å². The predicted octanol–water partition coefficient (Wildman–Crippen LogP) is -0.131. The fourth-order valence-electron chi connectivity index (χ4n) is 1.29. The van der Waals surface area contributed by atoms with Crippen molar-refractivity contribution in [2.75, 3.05) is 0 Å². The lowest BCUT2D eigenvalue weighted by Gasteiger charge is -1.96. The zero-order valence-electron chi connectivity index (χ0n) is 6.97. The smallest absolute Gasteiger partial charge is 0.124 e. The first kappa shape index (κ1) is 8.04. The molecular weight excluding hydrogens is 163 g/mol. The van der Waals surface area contributed by atoms with Crippen molar-refractivity contribution in [3.63, 3.8) is 0 Å². The molecular formula is C9H7BN2O. The standard InChI is InChI=1S/C9H7BN2O/c10-8-1-3-12-9(5-8)7(2-4-13)6-11-12/h1,3-6H,2H2. The molecule has 0 amide bonds. The van der Waals surface area contributed by atoms with E-state index in [1.54, 1.807) is 23.0 Å². The summed E-state index contributed by atoms with van der Waals surface area (Å²) >= 11 is 0. The van der Waals surface area contributed by atoms with Crippen LogP contribution in [0.25, 0.3) is 5.52 Å². The molecule has 0 aromatic carbocycles. The average Bonchev–Trinajstić information content (AvgIpc) is 2.49. The minimum absolute atomic E-state index is 0.382. The molecule has 0 saturated heterocycles. The molecule has 0 atom stereocenters. The largest absolute Gasteiger partial charge is 0.303 e. The molecule has 2 aromatic rings. The van der Waals surface area contributed by atoms with Gasteiger partial charge in [0.2, 0.25) is 0 Å². The lowest BCUT2D eigenvalue weighted by Crippen LogP contribution is -2.03. The van der Waals surface area contributed by atoms with Gasteiger partial charge in [-0.3, -0.25) is 0 Å². The summed E-state index contributed by atoms with van der Waals surface area (Å²) in [5, 5.41) is 4.08. The van der Waals surface area contributed by atoms with E-state index < -0.39 is 0 Å². The van der Waals surface area contributed by atoms with Gasteiger partial charge in [-0.25, -0.2) is 4.52 Å². The third kappa shape index (κ3) is 1.35. The Labute approximate surface area is 76.8 Å². The van der Waals surface area contributed by atoms with E-state index in [0.717, 1.165) is 17.4 Å². The molecule has 0 fully saturated rings. The summed E-state index contributed by atoms with van der Waals surface area (Å²) < 4.78 is 1.70. The van der Waals surface area contributed by atoms with E-state index in [1.165, 1.54) is 0 Å². The molecule has 0 bridgehead atoms. The van der Waals surface area contributed by atoms with Gasteiger partial charge in [0.1, 0.15) is 14.1 Å². The van der Waals surface area contributed by atoms with Crippen molar-refractivity contribution in [3.05, 3.63) is 30.1 Å². The van der Waals surface area contributed by atoms with Crippen molar-refractivity contribution >= 4 is 25.1 Å². The molecule has 0 saturated carbocycles. The highest BCUT2D eigenvalue weighted by atomic mass is 16.1. The van der Waals surface area contributed by atoms with Crippen molar-refractivity contribution in [1.29, 1.82) is 0 Å². The van der Waals surface area contributed by atoms with Crippen LogP contribution in [0.3, 0.4) is 0 Å². The number of hydrogen-bond acceptors (Lipinski definition) is 2. The van der Waals surface area contributed by atoms with Crippen LogP contribution < -0.4 is 5.46 Å². The van der Waals surface area contributed by atoms with Gasteiger partial charge in [-0.05, 0) is 6.07 Å². The molecule has 3 nitrogen and oxygen atoms in total. The van der Waals surface area contributed by atoms with Crippen molar-refractivity contribution in [2.45, 2.75) is 6.42 Å². The van der Waals surface area contributed by atoms with Gasteiger partial charge in [-0.15, -0.1) is 0 Å². The van der Waals surface area contributed by atoms with Crippen LogP contribution in [0.4, 0.5) is 0 Å². The summed E-state index contributed by atoms with van der Waals surface area (Å²) in [4.78, 5) is 10.3. The molecule has 0 aliphatic rings. The van der Waals surface area contributed by atoms with Gasteiger partial charge in [0.25, 0.3) is 0 Å². The maximum atomic E-state index is 10.3. The number of rotatable bonds is 2. The van der Waals surface area contributed by atoms with Crippen molar-refractivity contribution in [3.8, 4) is 0 Å². The molecule has 0 spiro atoms. The van der Waals surface area contributed by atoms with Crippen LogP contribution >= 0.6 is 0 Å². The van der Waals surface area contributed by atoms with Crippen LogP contribution in [0.5, 0.6) is 0 Å². The number of carbonyl (C=O) groups is 1. The number of aldehydes is 1. The summed E-state index contributed by atoms with van der Waals surface area (Å²) in [5.74, 6) is 0. The molecule has 2 aromatic heterocycles. The highest BCUT2D eigenvalue weighted by molar-refractivity contribution is 6.32. The molecule has 0 N–H and O–H groups in total. The average molecular weight is 170 g/mol. The molecule has 0 aliphatic carbocycles. The topological polar surface area (TPSA) is 34.4 Å². The van der Waals surface area contributed by atoms with Crippen LogP contribution in [0.1, 0.15) is 5.56 Å². The molecule has 4 heteroatoms. The van der Waals surface area contributed by atoms with Crippen molar-refractivity contribution in [2.24, 2.45) is 0 Å². The van der Waals surface area contributed by atoms with Crippen LogP contribution in [0.2, 0.25) is 0 Å². The molecule has 2 heterocycles. The second-order valence-corrected chi connectivity index (χ2v) is 2.83. The van der Waals surface area contributed by atoms with Crippen LogP contribution in [0.15, 0.2) is 24.5 Å². The number of pyridine rings is 1. The van der Waals surface area contributed by atoms with Gasteiger partial charge in [0.05, 0.1) is 11.7 Å². The highest BCUT2D eigenvalue weighted by Crippen LogP contribution is 2.07. The van der Waals surface area contributed by atoms with Crippen LogP contribution in [0, 0.1) is 0 Å². The van der Waals surface area contributed by atoms with E-state index in [2.05, 4.69) is 5.10 Å². The number of hydrogen-bond donors (Lipinski definition) is 0. The third-order valence-electron chi connectivity index (χ3n) is 1.93. The number of nitrogens with zero attached hydrogens (tertiary/aromatic N) is 2. The molecule has 0 aliphatic heterocycles. The Morgan fingerprint density at radius 3 is 3.23 bits per heavy atom. The zero-order valence-corrected chi connectivity index (χ0v) is 6.97. The maximum Gasteiger partial charge on any atom is 0.124 e. The van der Waals surface area contributed by atoms with E-state index in [9.17, 15) is 4.79 Å². The van der Waals surface area contributed by atoms with E-state index in [0.29, 0.717) is 11.9 Å². The number of fused-ring (bicyclic) bond motifs is 1. The van der Waals surface area contributed by atoms with Crippen molar-refractivity contribution < 1.29 is 4.79 Å². The fourth-order valence-corrected chi connectivity index (χ4v) is 1.29. The second kappa shape index (κ2) is 3.05. The minimum atomic E-state index is 0.382. The Kier molecular flexibility index (Phi) is 1.89. The highest BCUT2D eigenvalue weighted by Gasteiger charge is 2.02. The Bertz CT molecular complexity index is 450. The molecule has 62 valence electrons. The van der Waals surface area contributed by atoms with Crippen LogP contribution in [-0.2, 0) is 11.2 Å². The first-order valence-electron chi connectivity index (χ1n) is 3.96. The zero-order chi connectivity index (χ0) is 9.26. The fraction of sp³-hybridized carbons (Fsp3) is 0.111. The Balaban J connectivity index is 2.64. The minimum Gasteiger partial charge on any atom is -0.303 e. The molecule has 2 radical (unpaired) electrons. The lowest BCUT2D eigenvalue weighted by atomic mass is 9.97. The van der Waals surface area contributed by atoms with Crippen molar-refractivity contribution in [1.82, 2.24) is 9.61 Å². The maximum absolute atomic E-state index is 10.3. The van der Waals surface area contributed by atoms with E-state index in [4.69, 9.17) is 7.85 Å². The summed E-state index contributed by atoms with van der Waals surface area (Å²) in [6.07, 6.45) is 4.70. The first-order valence-corrected chi connectivity index (χ1v) is 3.96. The first-order chi connectivity index (χ1) is 6.31. The van der Waals surface area contributed by atoms with E-state index >= 15 is 0 Å².